The Labute approximate surface area is 227 Å². The number of fused-ring (bicyclic) bond motifs is 1. The van der Waals surface area contributed by atoms with Crippen molar-refractivity contribution in [3.05, 3.63) is 66.5 Å². The molecule has 38 heavy (non-hydrogen) atoms. The summed E-state index contributed by atoms with van der Waals surface area (Å²) in [4.78, 5) is 19.6. The number of carbonyl (C=O) groups is 1. The Bertz CT molecular complexity index is 1190. The number of hydrogen-bond acceptors (Lipinski definition) is 5. The summed E-state index contributed by atoms with van der Waals surface area (Å²) in [6.45, 7) is 12.5. The summed E-state index contributed by atoms with van der Waals surface area (Å²) < 4.78 is 14.6. The molecular weight excluding hydrogens is 494 g/mol. The van der Waals surface area contributed by atoms with Gasteiger partial charge >= 0.3 is 6.09 Å². The summed E-state index contributed by atoms with van der Waals surface area (Å²) >= 11 is 0. The lowest BCUT2D eigenvalue weighted by molar-refractivity contribution is -0.0118. The fourth-order valence-electron chi connectivity index (χ4n) is 5.93. The van der Waals surface area contributed by atoms with Crippen molar-refractivity contribution >= 4 is 25.4 Å². The van der Waals surface area contributed by atoms with Crippen LogP contribution in [0, 0.1) is 5.41 Å². The van der Waals surface area contributed by atoms with Gasteiger partial charge in [-0.15, -0.1) is 0 Å². The number of rotatable bonds is 9. The predicted molar refractivity (Wildman–Crippen MR) is 153 cm³/mol. The molecule has 0 saturated carbocycles. The molecule has 0 aliphatic carbocycles. The molecule has 3 atom stereocenters. The van der Waals surface area contributed by atoms with Crippen LogP contribution in [0.1, 0.15) is 45.6 Å². The highest BCUT2D eigenvalue weighted by molar-refractivity contribution is 6.71. The predicted octanol–water partition coefficient (Wildman–Crippen LogP) is 6.22. The fraction of sp³-hybridized carbons (Fsp3) is 0.533. The quantitative estimate of drug-likeness (QED) is 0.328. The van der Waals surface area contributed by atoms with Crippen LogP contribution in [-0.2, 0) is 22.3 Å². The van der Waals surface area contributed by atoms with Gasteiger partial charge in [-0.1, -0.05) is 63.2 Å². The first-order chi connectivity index (χ1) is 18.0. The van der Waals surface area contributed by atoms with Crippen molar-refractivity contribution in [3.63, 3.8) is 0 Å². The second-order valence-electron chi connectivity index (χ2n) is 12.4. The first-order valence-electron chi connectivity index (χ1n) is 13.7. The zero-order valence-corrected chi connectivity index (χ0v) is 24.5. The largest absolute Gasteiger partial charge is 0.445 e. The standard InChI is InChI=1S/C30H43N3O4Si/c1-30(2,3)21-38(4,5)37-28-16-11-17-33(29(35)36-20-23-12-7-6-8-13-23)27(28)18-24(34)19-32-22-31-25-14-9-10-15-26(25)32/h6-10,12-15,22,24,27-28,34H,11,16-21H2,1-5H3/t24?,27-,28+/m1/s1. The van der Waals surface area contributed by atoms with Gasteiger partial charge in [-0.2, -0.15) is 0 Å². The smallest absolute Gasteiger partial charge is 0.410 e. The fourth-order valence-corrected chi connectivity index (χ4v) is 9.66. The second-order valence-corrected chi connectivity index (χ2v) is 16.5. The van der Waals surface area contributed by atoms with Crippen molar-refractivity contribution in [2.75, 3.05) is 6.54 Å². The highest BCUT2D eigenvalue weighted by Gasteiger charge is 2.41. The molecule has 7 nitrogen and oxygen atoms in total. The number of aromatic nitrogens is 2. The number of likely N-dealkylation sites (tertiary alicyclic amines) is 1. The molecule has 1 N–H and O–H groups in total. The zero-order valence-electron chi connectivity index (χ0n) is 23.5. The number of carbonyl (C=O) groups excluding carboxylic acids is 1. The molecule has 8 heteroatoms. The Hall–Kier alpha value is -2.68. The molecule has 3 aromatic rings. The number of aliphatic hydroxyl groups is 1. The van der Waals surface area contributed by atoms with Gasteiger partial charge in [0.2, 0.25) is 0 Å². The van der Waals surface area contributed by atoms with Gasteiger partial charge in [-0.25, -0.2) is 9.78 Å². The molecule has 0 bridgehead atoms. The highest BCUT2D eigenvalue weighted by atomic mass is 28.4. The van der Waals surface area contributed by atoms with Crippen LogP contribution >= 0.6 is 0 Å². The van der Waals surface area contributed by atoms with E-state index in [9.17, 15) is 9.90 Å². The molecule has 2 aromatic carbocycles. The van der Waals surface area contributed by atoms with Gasteiger partial charge in [-0.05, 0) is 61.5 Å². The average molecular weight is 538 g/mol. The maximum atomic E-state index is 13.4. The van der Waals surface area contributed by atoms with Gasteiger partial charge < -0.3 is 23.7 Å². The van der Waals surface area contributed by atoms with Crippen LogP contribution in [0.4, 0.5) is 4.79 Å². The topological polar surface area (TPSA) is 76.8 Å². The normalized spacial score (nSPS) is 19.5. The second kappa shape index (κ2) is 12.0. The van der Waals surface area contributed by atoms with Gasteiger partial charge in [0.25, 0.3) is 0 Å². The van der Waals surface area contributed by atoms with Crippen molar-refractivity contribution in [2.24, 2.45) is 5.41 Å². The first kappa shape index (κ1) is 28.3. The molecular formula is C30H43N3O4Si. The number of para-hydroxylation sites is 2. The maximum absolute atomic E-state index is 13.4. The third kappa shape index (κ3) is 7.68. The van der Waals surface area contributed by atoms with Crippen LogP contribution in [0.3, 0.4) is 0 Å². The molecule has 1 aliphatic heterocycles. The maximum Gasteiger partial charge on any atom is 0.410 e. The van der Waals surface area contributed by atoms with E-state index in [2.05, 4.69) is 38.8 Å². The summed E-state index contributed by atoms with van der Waals surface area (Å²) in [7, 11) is -2.03. The molecule has 0 spiro atoms. The van der Waals surface area contributed by atoms with E-state index in [0.29, 0.717) is 19.5 Å². The van der Waals surface area contributed by atoms with Crippen LogP contribution in [0.15, 0.2) is 60.9 Å². The Morgan fingerprint density at radius 2 is 1.84 bits per heavy atom. The van der Waals surface area contributed by atoms with Crippen LogP contribution in [-0.4, -0.2) is 58.8 Å². The van der Waals surface area contributed by atoms with E-state index in [0.717, 1.165) is 35.5 Å². The van der Waals surface area contributed by atoms with E-state index in [1.165, 1.54) is 0 Å². The van der Waals surface area contributed by atoms with Crippen LogP contribution in [0.2, 0.25) is 19.1 Å². The molecule has 2 heterocycles. The van der Waals surface area contributed by atoms with Crippen molar-refractivity contribution in [2.45, 2.75) is 90.6 Å². The van der Waals surface area contributed by atoms with Crippen LogP contribution in [0.5, 0.6) is 0 Å². The lowest BCUT2D eigenvalue weighted by atomic mass is 9.94. The number of imidazole rings is 1. The van der Waals surface area contributed by atoms with Gasteiger partial charge in [0.05, 0.1) is 42.2 Å². The third-order valence-electron chi connectivity index (χ3n) is 7.03. The monoisotopic (exact) mass is 537 g/mol. The molecule has 1 aliphatic rings. The van der Waals surface area contributed by atoms with E-state index >= 15 is 0 Å². The molecule has 206 valence electrons. The summed E-state index contributed by atoms with van der Waals surface area (Å²) in [5, 5.41) is 11.3. The number of hydrogen-bond donors (Lipinski definition) is 1. The summed E-state index contributed by atoms with van der Waals surface area (Å²) in [5.41, 5.74) is 3.00. The van der Waals surface area contributed by atoms with Crippen LogP contribution in [0.25, 0.3) is 11.0 Å². The van der Waals surface area contributed by atoms with Crippen molar-refractivity contribution in [3.8, 4) is 0 Å². The van der Waals surface area contributed by atoms with Crippen molar-refractivity contribution < 1.29 is 19.1 Å². The van der Waals surface area contributed by atoms with Gasteiger partial charge in [0.1, 0.15) is 6.61 Å². The van der Waals surface area contributed by atoms with Crippen molar-refractivity contribution in [1.29, 1.82) is 0 Å². The van der Waals surface area contributed by atoms with Gasteiger partial charge in [0, 0.05) is 6.54 Å². The highest BCUT2D eigenvalue weighted by Crippen LogP contribution is 2.33. The Kier molecular flexibility index (Phi) is 8.95. The number of piperidine rings is 1. The molecule has 1 amide bonds. The minimum Gasteiger partial charge on any atom is -0.445 e. The van der Waals surface area contributed by atoms with E-state index < -0.39 is 14.4 Å². The van der Waals surface area contributed by atoms with Gasteiger partial charge in [-0.3, -0.25) is 0 Å². The summed E-state index contributed by atoms with van der Waals surface area (Å²) in [6.07, 6.45) is 2.76. The first-order valence-corrected chi connectivity index (χ1v) is 16.9. The minimum atomic E-state index is -2.03. The molecule has 1 aromatic heterocycles. The Balaban J connectivity index is 1.51. The van der Waals surface area contributed by atoms with E-state index in [4.69, 9.17) is 9.16 Å². The van der Waals surface area contributed by atoms with Gasteiger partial charge in [0.15, 0.2) is 8.32 Å². The molecule has 4 rings (SSSR count). The van der Waals surface area contributed by atoms with E-state index in [-0.39, 0.29) is 30.3 Å². The average Bonchev–Trinajstić information content (AvgIpc) is 3.25. The van der Waals surface area contributed by atoms with Crippen LogP contribution < -0.4 is 0 Å². The van der Waals surface area contributed by atoms with E-state index in [1.54, 1.807) is 11.2 Å². The Morgan fingerprint density at radius 1 is 1.13 bits per heavy atom. The number of ether oxygens (including phenoxy) is 1. The summed E-state index contributed by atoms with van der Waals surface area (Å²) in [6, 6.07) is 18.4. The van der Waals surface area contributed by atoms with Crippen molar-refractivity contribution in [1.82, 2.24) is 14.5 Å². The molecule has 1 fully saturated rings. The third-order valence-corrected chi connectivity index (χ3v) is 9.88. The van der Waals surface area contributed by atoms with E-state index in [1.807, 2.05) is 59.2 Å². The SMILES string of the molecule is CC(C)(C)C[Si](C)(C)O[C@H]1CCCN(C(=O)OCc2ccccc2)[C@@H]1CC(O)Cn1cnc2ccccc21. The molecule has 1 unspecified atom stereocenters. The summed E-state index contributed by atoms with van der Waals surface area (Å²) in [5.74, 6) is 0. The number of amides is 1. The molecule has 0 radical (unpaired) electrons. The zero-order chi connectivity index (χ0) is 27.3. The minimum absolute atomic E-state index is 0.133. The molecule has 1 saturated heterocycles. The Morgan fingerprint density at radius 3 is 2.58 bits per heavy atom. The number of nitrogens with zero attached hydrogens (tertiary/aromatic N) is 3. The lowest BCUT2D eigenvalue weighted by Crippen LogP contribution is -2.56. The number of benzene rings is 2. The lowest BCUT2D eigenvalue weighted by Gasteiger charge is -2.45. The number of aliphatic hydroxyl groups excluding tert-OH is 1.